The Balaban J connectivity index is 2.89. The van der Waals surface area contributed by atoms with Gasteiger partial charge in [-0.3, -0.25) is 4.79 Å². The van der Waals surface area contributed by atoms with Crippen molar-refractivity contribution in [2.24, 2.45) is 5.92 Å². The number of carbonyl (C=O) groups is 1. The summed E-state index contributed by atoms with van der Waals surface area (Å²) in [6, 6.07) is 3.56. The van der Waals surface area contributed by atoms with E-state index in [-0.39, 0.29) is 16.4 Å². The molecule has 2 rings (SSSR count). The van der Waals surface area contributed by atoms with Gasteiger partial charge in [-0.05, 0) is 25.0 Å². The van der Waals surface area contributed by atoms with Crippen LogP contribution in [0.5, 0.6) is 0 Å². The van der Waals surface area contributed by atoms with E-state index in [4.69, 9.17) is 0 Å². The number of hydrogen-bond acceptors (Lipinski definition) is 3. The van der Waals surface area contributed by atoms with E-state index >= 15 is 0 Å². The second-order valence-corrected chi connectivity index (χ2v) is 6.42. The Hall–Kier alpha value is -1.16. The normalized spacial score (nSPS) is 22.9. The average molecular weight is 238 g/mol. The van der Waals surface area contributed by atoms with Gasteiger partial charge in [-0.2, -0.15) is 0 Å². The highest BCUT2D eigenvalue weighted by atomic mass is 32.2. The molecule has 3 nitrogen and oxygen atoms in total. The van der Waals surface area contributed by atoms with Gasteiger partial charge in [0.05, 0.1) is 10.6 Å². The van der Waals surface area contributed by atoms with Gasteiger partial charge in [0.1, 0.15) is 0 Å². The van der Waals surface area contributed by atoms with Crippen molar-refractivity contribution < 1.29 is 13.2 Å². The van der Waals surface area contributed by atoms with Crippen LogP contribution in [0.3, 0.4) is 0 Å². The molecule has 4 heteroatoms. The van der Waals surface area contributed by atoms with Crippen LogP contribution >= 0.6 is 0 Å². The van der Waals surface area contributed by atoms with Gasteiger partial charge in [-0.25, -0.2) is 8.42 Å². The molecule has 1 heterocycles. The van der Waals surface area contributed by atoms with E-state index in [1.54, 1.807) is 32.9 Å². The molecule has 0 aliphatic carbocycles. The van der Waals surface area contributed by atoms with Crippen LogP contribution in [0.25, 0.3) is 0 Å². The Morgan fingerprint density at radius 1 is 1.19 bits per heavy atom. The van der Waals surface area contributed by atoms with E-state index in [0.717, 1.165) is 5.56 Å². The highest BCUT2D eigenvalue weighted by Gasteiger charge is 2.36. The van der Waals surface area contributed by atoms with Crippen molar-refractivity contribution >= 4 is 15.6 Å². The van der Waals surface area contributed by atoms with Crippen molar-refractivity contribution in [2.75, 3.05) is 5.75 Å². The lowest BCUT2D eigenvalue weighted by Gasteiger charge is -2.23. The average Bonchev–Trinajstić information content (AvgIpc) is 2.17. The van der Waals surface area contributed by atoms with Crippen LogP contribution < -0.4 is 0 Å². The van der Waals surface area contributed by atoms with Gasteiger partial charge < -0.3 is 0 Å². The van der Waals surface area contributed by atoms with Crippen LogP contribution in [-0.2, 0) is 9.84 Å². The Kier molecular flexibility index (Phi) is 2.42. The molecule has 1 atom stereocenters. The predicted molar refractivity (Wildman–Crippen MR) is 61.5 cm³/mol. The van der Waals surface area contributed by atoms with Crippen LogP contribution in [0.1, 0.15) is 28.4 Å². The van der Waals surface area contributed by atoms with Gasteiger partial charge in [0, 0.05) is 11.5 Å². The van der Waals surface area contributed by atoms with Crippen LogP contribution in [0.15, 0.2) is 17.0 Å². The third-order valence-electron chi connectivity index (χ3n) is 3.04. The molecule has 0 saturated heterocycles. The first-order valence-electron chi connectivity index (χ1n) is 5.22. The number of hydrogen-bond donors (Lipinski definition) is 0. The molecule has 0 spiro atoms. The molecule has 1 aromatic carbocycles. The zero-order chi connectivity index (χ0) is 12.1. The number of aryl methyl sites for hydroxylation is 2. The molecule has 0 bridgehead atoms. The summed E-state index contributed by atoms with van der Waals surface area (Å²) < 4.78 is 24.1. The van der Waals surface area contributed by atoms with Crippen molar-refractivity contribution in [2.45, 2.75) is 25.7 Å². The molecule has 16 heavy (non-hydrogen) atoms. The lowest BCUT2D eigenvalue weighted by Crippen LogP contribution is -2.30. The van der Waals surface area contributed by atoms with E-state index in [9.17, 15) is 13.2 Å². The topological polar surface area (TPSA) is 51.2 Å². The summed E-state index contributed by atoms with van der Waals surface area (Å²) in [4.78, 5) is 12.3. The second-order valence-electron chi connectivity index (χ2n) is 4.45. The maximum atomic E-state index is 12.0. The fraction of sp³-hybridized carbons (Fsp3) is 0.417. The first-order valence-corrected chi connectivity index (χ1v) is 6.87. The summed E-state index contributed by atoms with van der Waals surface area (Å²) in [5.74, 6) is -0.549. The molecule has 1 aromatic rings. The Morgan fingerprint density at radius 2 is 1.75 bits per heavy atom. The number of rotatable bonds is 0. The third kappa shape index (κ3) is 1.48. The van der Waals surface area contributed by atoms with E-state index in [1.165, 1.54) is 0 Å². The zero-order valence-corrected chi connectivity index (χ0v) is 10.4. The summed E-state index contributed by atoms with van der Waals surface area (Å²) in [5, 5.41) is 0. The first-order chi connectivity index (χ1) is 7.34. The van der Waals surface area contributed by atoms with Crippen molar-refractivity contribution in [3.63, 3.8) is 0 Å². The van der Waals surface area contributed by atoms with Gasteiger partial charge in [0.15, 0.2) is 15.6 Å². The molecule has 0 N–H and O–H groups in total. The lowest BCUT2D eigenvalue weighted by molar-refractivity contribution is 0.0932. The SMILES string of the molecule is Cc1ccc(C)c2c1C(=O)C(C)CS2(=O)=O. The van der Waals surface area contributed by atoms with Crippen molar-refractivity contribution in [1.82, 2.24) is 0 Å². The van der Waals surface area contributed by atoms with Crippen molar-refractivity contribution in [3.8, 4) is 0 Å². The van der Waals surface area contributed by atoms with Crippen molar-refractivity contribution in [1.29, 1.82) is 0 Å². The van der Waals surface area contributed by atoms with Gasteiger partial charge in [0.2, 0.25) is 0 Å². The van der Waals surface area contributed by atoms with E-state index in [1.807, 2.05) is 0 Å². The minimum atomic E-state index is -3.30. The molecular weight excluding hydrogens is 224 g/mol. The molecule has 0 saturated carbocycles. The van der Waals surface area contributed by atoms with Gasteiger partial charge in [-0.1, -0.05) is 19.1 Å². The van der Waals surface area contributed by atoms with Crippen LogP contribution in [0.4, 0.5) is 0 Å². The van der Waals surface area contributed by atoms with Gasteiger partial charge in [0.25, 0.3) is 0 Å². The molecular formula is C12H14O3S. The van der Waals surface area contributed by atoms with Crippen molar-refractivity contribution in [3.05, 3.63) is 28.8 Å². The molecule has 0 aromatic heterocycles. The smallest absolute Gasteiger partial charge is 0.180 e. The van der Waals surface area contributed by atoms with Gasteiger partial charge in [-0.15, -0.1) is 0 Å². The molecule has 86 valence electrons. The largest absolute Gasteiger partial charge is 0.294 e. The number of carbonyl (C=O) groups excluding carboxylic acids is 1. The van der Waals surface area contributed by atoms with Crippen LogP contribution in [-0.4, -0.2) is 20.0 Å². The maximum absolute atomic E-state index is 12.0. The molecule has 1 aliphatic heterocycles. The summed E-state index contributed by atoms with van der Waals surface area (Å²) in [6.45, 7) is 5.19. The quantitative estimate of drug-likeness (QED) is 0.693. The monoisotopic (exact) mass is 238 g/mol. The number of benzene rings is 1. The molecule has 1 aliphatic rings. The highest BCUT2D eigenvalue weighted by molar-refractivity contribution is 7.91. The molecule has 1 unspecified atom stereocenters. The summed E-state index contributed by atoms with van der Waals surface area (Å²) >= 11 is 0. The lowest BCUT2D eigenvalue weighted by atomic mass is 9.95. The number of ketones is 1. The molecule has 0 fully saturated rings. The predicted octanol–water partition coefficient (Wildman–Crippen LogP) is 1.91. The standard InChI is InChI=1S/C12H14O3S/c1-7-4-5-8(2)12-10(7)11(13)9(3)6-16(12,14)15/h4-5,9H,6H2,1-3H3. The number of Topliss-reactive ketones (excluding diaryl/α,β-unsaturated/α-hetero) is 1. The van der Waals surface area contributed by atoms with Crippen LogP contribution in [0.2, 0.25) is 0 Å². The fourth-order valence-corrected chi connectivity index (χ4v) is 4.33. The van der Waals surface area contributed by atoms with Crippen LogP contribution in [0, 0.1) is 19.8 Å². The Labute approximate surface area is 95.4 Å². The Morgan fingerprint density at radius 3 is 2.38 bits per heavy atom. The summed E-state index contributed by atoms with van der Waals surface area (Å²) in [7, 11) is -3.30. The fourth-order valence-electron chi connectivity index (χ4n) is 2.23. The van der Waals surface area contributed by atoms with E-state index < -0.39 is 15.8 Å². The number of sulfone groups is 1. The minimum Gasteiger partial charge on any atom is -0.294 e. The number of fused-ring (bicyclic) bond motifs is 1. The summed E-state index contributed by atoms with van der Waals surface area (Å²) in [5.41, 5.74) is 1.82. The van der Waals surface area contributed by atoms with Gasteiger partial charge >= 0.3 is 0 Å². The minimum absolute atomic E-state index is 0.0500. The van der Waals surface area contributed by atoms with E-state index in [0.29, 0.717) is 11.1 Å². The highest BCUT2D eigenvalue weighted by Crippen LogP contribution is 2.32. The third-order valence-corrected chi connectivity index (χ3v) is 5.12. The summed E-state index contributed by atoms with van der Waals surface area (Å²) in [6.07, 6.45) is 0. The second kappa shape index (κ2) is 3.42. The Bertz CT molecular complexity index is 570. The molecule has 0 radical (unpaired) electrons. The molecule has 0 amide bonds. The van der Waals surface area contributed by atoms with E-state index in [2.05, 4.69) is 0 Å². The zero-order valence-electron chi connectivity index (χ0n) is 9.57. The first kappa shape index (κ1) is 11.3. The maximum Gasteiger partial charge on any atom is 0.180 e.